The smallest absolute Gasteiger partial charge is 0.258 e. The first-order chi connectivity index (χ1) is 13.0. The molecule has 2 N–H and O–H groups in total. The molecular weight excluding hydrogens is 343 g/mol. The molecule has 0 fully saturated rings. The number of nitrogens with one attached hydrogen (secondary N) is 2. The Morgan fingerprint density at radius 3 is 2.52 bits per heavy atom. The van der Waals surface area contributed by atoms with Crippen LogP contribution in [0.25, 0.3) is 0 Å². The van der Waals surface area contributed by atoms with Crippen molar-refractivity contribution in [3.8, 4) is 0 Å². The van der Waals surface area contributed by atoms with Crippen molar-refractivity contribution in [2.75, 3.05) is 17.2 Å². The van der Waals surface area contributed by atoms with Gasteiger partial charge in [0.2, 0.25) is 5.95 Å². The number of rotatable bonds is 6. The second kappa shape index (κ2) is 8.40. The normalized spacial score (nSPS) is 10.5. The number of anilines is 2. The van der Waals surface area contributed by atoms with Crippen molar-refractivity contribution in [3.63, 3.8) is 0 Å². The van der Waals surface area contributed by atoms with Gasteiger partial charge in [0.05, 0.1) is 5.56 Å². The van der Waals surface area contributed by atoms with Gasteiger partial charge in [0.25, 0.3) is 5.91 Å². The van der Waals surface area contributed by atoms with Gasteiger partial charge in [-0.15, -0.1) is 0 Å². The maximum atomic E-state index is 13.6. The summed E-state index contributed by atoms with van der Waals surface area (Å²) >= 11 is 0. The van der Waals surface area contributed by atoms with E-state index in [0.29, 0.717) is 30.0 Å². The highest BCUT2D eigenvalue weighted by Crippen LogP contribution is 2.17. The minimum atomic E-state index is -0.264. The van der Waals surface area contributed by atoms with Gasteiger partial charge >= 0.3 is 0 Å². The van der Waals surface area contributed by atoms with Gasteiger partial charge in [-0.1, -0.05) is 35.9 Å². The Kier molecular flexibility index (Phi) is 5.76. The van der Waals surface area contributed by atoms with E-state index in [1.54, 1.807) is 18.2 Å². The van der Waals surface area contributed by atoms with Crippen LogP contribution in [-0.2, 0) is 6.42 Å². The molecule has 138 valence electrons. The molecule has 0 radical (unpaired) electrons. The lowest BCUT2D eigenvalue weighted by Crippen LogP contribution is -2.15. The first kappa shape index (κ1) is 18.5. The zero-order valence-corrected chi connectivity index (χ0v) is 15.3. The fourth-order valence-corrected chi connectivity index (χ4v) is 2.70. The molecule has 0 saturated carbocycles. The van der Waals surface area contributed by atoms with Gasteiger partial charge in [-0.05, 0) is 43.5 Å². The molecule has 0 aliphatic rings. The number of benzene rings is 2. The quantitative estimate of drug-likeness (QED) is 0.690. The number of hydrogen-bond donors (Lipinski definition) is 2. The van der Waals surface area contributed by atoms with Crippen molar-refractivity contribution < 1.29 is 9.18 Å². The van der Waals surface area contributed by atoms with E-state index < -0.39 is 0 Å². The Morgan fingerprint density at radius 1 is 1.07 bits per heavy atom. The molecular formula is C21H21FN4O. The van der Waals surface area contributed by atoms with Gasteiger partial charge in [0.1, 0.15) is 5.82 Å². The molecule has 1 heterocycles. The molecule has 27 heavy (non-hydrogen) atoms. The average Bonchev–Trinajstić information content (AvgIpc) is 2.66. The largest absolute Gasteiger partial charge is 0.354 e. The number of hydrogen-bond acceptors (Lipinski definition) is 4. The van der Waals surface area contributed by atoms with Crippen LogP contribution in [0.3, 0.4) is 0 Å². The van der Waals surface area contributed by atoms with Crippen LogP contribution in [0.4, 0.5) is 16.0 Å². The first-order valence-electron chi connectivity index (χ1n) is 8.71. The van der Waals surface area contributed by atoms with Crippen LogP contribution in [0, 0.1) is 19.7 Å². The zero-order chi connectivity index (χ0) is 19.2. The van der Waals surface area contributed by atoms with E-state index in [9.17, 15) is 9.18 Å². The summed E-state index contributed by atoms with van der Waals surface area (Å²) in [6.07, 6.45) is 3.46. The third-order valence-electron chi connectivity index (χ3n) is 4.18. The lowest BCUT2D eigenvalue weighted by atomic mass is 10.1. The highest BCUT2D eigenvalue weighted by atomic mass is 19.1. The van der Waals surface area contributed by atoms with Crippen LogP contribution < -0.4 is 10.6 Å². The van der Waals surface area contributed by atoms with E-state index in [4.69, 9.17) is 0 Å². The predicted octanol–water partition coefficient (Wildman–Crippen LogP) is 4.14. The van der Waals surface area contributed by atoms with E-state index in [0.717, 1.165) is 16.8 Å². The van der Waals surface area contributed by atoms with Crippen LogP contribution in [0.15, 0.2) is 54.9 Å². The third kappa shape index (κ3) is 4.88. The van der Waals surface area contributed by atoms with Crippen LogP contribution in [0.2, 0.25) is 0 Å². The maximum Gasteiger partial charge on any atom is 0.258 e. The Balaban J connectivity index is 1.56. The number of carbonyl (C=O) groups excluding carboxylic acids is 1. The average molecular weight is 364 g/mol. The van der Waals surface area contributed by atoms with Gasteiger partial charge in [0.15, 0.2) is 0 Å². The molecule has 0 aliphatic heterocycles. The summed E-state index contributed by atoms with van der Waals surface area (Å²) in [6, 6.07) is 12.5. The van der Waals surface area contributed by atoms with E-state index >= 15 is 0 Å². The standard InChI is InChI=1S/C21H21FN4O/c1-14-7-8-19(15(2)11-14)26-20(27)17-12-24-21(25-13-17)23-10-9-16-5-3-4-6-18(16)22/h3-8,11-13H,9-10H2,1-2H3,(H,26,27)(H,23,24,25). The fraction of sp³-hybridized carbons (Fsp3) is 0.190. The summed E-state index contributed by atoms with van der Waals surface area (Å²) in [4.78, 5) is 20.7. The minimum absolute atomic E-state index is 0.223. The number of nitrogens with zero attached hydrogens (tertiary/aromatic N) is 2. The Morgan fingerprint density at radius 2 is 1.81 bits per heavy atom. The summed E-state index contributed by atoms with van der Waals surface area (Å²) in [5, 5.41) is 5.89. The van der Waals surface area contributed by atoms with Crippen molar-refractivity contribution >= 4 is 17.5 Å². The van der Waals surface area contributed by atoms with Crippen molar-refractivity contribution in [1.29, 1.82) is 0 Å². The van der Waals surface area contributed by atoms with Crippen LogP contribution >= 0.6 is 0 Å². The van der Waals surface area contributed by atoms with Crippen LogP contribution in [0.5, 0.6) is 0 Å². The molecule has 0 saturated heterocycles. The number of carbonyl (C=O) groups is 1. The fourth-order valence-electron chi connectivity index (χ4n) is 2.70. The zero-order valence-electron chi connectivity index (χ0n) is 15.3. The summed E-state index contributed by atoms with van der Waals surface area (Å²) in [7, 11) is 0. The van der Waals surface area contributed by atoms with Gasteiger partial charge in [-0.3, -0.25) is 4.79 Å². The van der Waals surface area contributed by atoms with Crippen molar-refractivity contribution in [2.45, 2.75) is 20.3 Å². The minimum Gasteiger partial charge on any atom is -0.354 e. The summed E-state index contributed by atoms with van der Waals surface area (Å²) in [5.41, 5.74) is 3.90. The second-order valence-electron chi connectivity index (χ2n) is 6.34. The highest BCUT2D eigenvalue weighted by Gasteiger charge is 2.09. The lowest BCUT2D eigenvalue weighted by Gasteiger charge is -2.09. The summed E-state index contributed by atoms with van der Waals surface area (Å²) < 4.78 is 13.6. The van der Waals surface area contributed by atoms with E-state index in [1.807, 2.05) is 32.0 Å². The van der Waals surface area contributed by atoms with Crippen LogP contribution in [0.1, 0.15) is 27.0 Å². The third-order valence-corrected chi connectivity index (χ3v) is 4.18. The van der Waals surface area contributed by atoms with Crippen molar-refractivity contribution in [2.24, 2.45) is 0 Å². The second-order valence-corrected chi connectivity index (χ2v) is 6.34. The number of halogens is 1. The lowest BCUT2D eigenvalue weighted by molar-refractivity contribution is 0.102. The summed E-state index contributed by atoms with van der Waals surface area (Å²) in [6.45, 7) is 4.45. The molecule has 1 aromatic heterocycles. The molecule has 3 aromatic rings. The Labute approximate surface area is 157 Å². The van der Waals surface area contributed by atoms with Gasteiger partial charge in [-0.25, -0.2) is 14.4 Å². The van der Waals surface area contributed by atoms with Gasteiger partial charge < -0.3 is 10.6 Å². The predicted molar refractivity (Wildman–Crippen MR) is 104 cm³/mol. The van der Waals surface area contributed by atoms with E-state index in [1.165, 1.54) is 18.5 Å². The molecule has 1 amide bonds. The van der Waals surface area contributed by atoms with Gasteiger partial charge in [-0.2, -0.15) is 0 Å². The van der Waals surface area contributed by atoms with Crippen LogP contribution in [-0.4, -0.2) is 22.4 Å². The molecule has 5 nitrogen and oxygen atoms in total. The van der Waals surface area contributed by atoms with Crippen molar-refractivity contribution in [1.82, 2.24) is 9.97 Å². The molecule has 0 aliphatic carbocycles. The maximum absolute atomic E-state index is 13.6. The highest BCUT2D eigenvalue weighted by molar-refractivity contribution is 6.04. The molecule has 6 heteroatoms. The molecule has 2 aromatic carbocycles. The first-order valence-corrected chi connectivity index (χ1v) is 8.71. The SMILES string of the molecule is Cc1ccc(NC(=O)c2cnc(NCCc3ccccc3F)nc2)c(C)c1. The van der Waals surface area contributed by atoms with Crippen molar-refractivity contribution in [3.05, 3.63) is 82.9 Å². The molecule has 0 atom stereocenters. The van der Waals surface area contributed by atoms with Gasteiger partial charge in [0, 0.05) is 24.6 Å². The topological polar surface area (TPSA) is 66.9 Å². The monoisotopic (exact) mass is 364 g/mol. The molecule has 3 rings (SSSR count). The number of aryl methyl sites for hydroxylation is 2. The molecule has 0 spiro atoms. The Hall–Kier alpha value is -3.28. The number of aromatic nitrogens is 2. The van der Waals surface area contributed by atoms with E-state index in [-0.39, 0.29) is 11.7 Å². The Bertz CT molecular complexity index is 941. The molecule has 0 bridgehead atoms. The summed E-state index contributed by atoms with van der Waals surface area (Å²) in [5.74, 6) is -0.0899. The van der Waals surface area contributed by atoms with E-state index in [2.05, 4.69) is 20.6 Å². The molecule has 0 unspecified atom stereocenters. The number of amides is 1.